The van der Waals surface area contributed by atoms with Gasteiger partial charge in [-0.3, -0.25) is 10.1 Å². The minimum atomic E-state index is -0.714. The van der Waals surface area contributed by atoms with Gasteiger partial charge in [-0.25, -0.2) is 4.79 Å². The lowest BCUT2D eigenvalue weighted by Crippen LogP contribution is -2.41. The van der Waals surface area contributed by atoms with Crippen molar-refractivity contribution < 1.29 is 14.0 Å². The number of benzene rings is 2. The summed E-state index contributed by atoms with van der Waals surface area (Å²) >= 11 is 1.10. The largest absolute Gasteiger partial charge is 0.411 e. The van der Waals surface area contributed by atoms with E-state index in [-0.39, 0.29) is 5.22 Å². The molecule has 0 spiro atoms. The van der Waals surface area contributed by atoms with Gasteiger partial charge < -0.3 is 9.73 Å². The van der Waals surface area contributed by atoms with Crippen molar-refractivity contribution in [2.75, 3.05) is 6.54 Å². The molecule has 0 saturated carbocycles. The van der Waals surface area contributed by atoms with Gasteiger partial charge in [-0.1, -0.05) is 48.5 Å². The zero-order chi connectivity index (χ0) is 19.9. The molecule has 28 heavy (non-hydrogen) atoms. The van der Waals surface area contributed by atoms with Crippen LogP contribution in [0, 0.1) is 6.92 Å². The van der Waals surface area contributed by atoms with Crippen molar-refractivity contribution in [1.82, 2.24) is 20.8 Å². The number of hydrogen-bond donors (Lipinski definition) is 2. The van der Waals surface area contributed by atoms with Crippen LogP contribution in [0.15, 0.2) is 64.2 Å². The standard InChI is InChI=1S/C20H20N4O3S/c1-3-21-19(26)22-17(25)16(14-10-5-4-6-11-14)28-20-24-23-18(27-20)15-12-8-7-9-13(15)2/h4-12,16H,3H2,1-2H3,(H2,21,22,25,26)/t16-/m0/s1. The second-order valence-corrected chi connectivity index (χ2v) is 7.00. The Morgan fingerprint density at radius 1 is 1.07 bits per heavy atom. The lowest BCUT2D eigenvalue weighted by Gasteiger charge is -2.14. The van der Waals surface area contributed by atoms with Crippen LogP contribution in [0.1, 0.15) is 23.3 Å². The van der Waals surface area contributed by atoms with Gasteiger partial charge in [0.25, 0.3) is 5.22 Å². The average Bonchev–Trinajstić information content (AvgIpc) is 3.15. The third kappa shape index (κ3) is 4.77. The fourth-order valence-corrected chi connectivity index (χ4v) is 3.44. The molecule has 1 aromatic heterocycles. The molecular formula is C20H20N4O3S. The second-order valence-electron chi connectivity index (χ2n) is 5.95. The van der Waals surface area contributed by atoms with E-state index < -0.39 is 17.2 Å². The number of imide groups is 1. The highest BCUT2D eigenvalue weighted by molar-refractivity contribution is 8.00. The molecule has 7 nitrogen and oxygen atoms in total. The van der Waals surface area contributed by atoms with Crippen LogP contribution in [0.5, 0.6) is 0 Å². The van der Waals surface area contributed by atoms with Crippen LogP contribution >= 0.6 is 11.8 Å². The summed E-state index contributed by atoms with van der Waals surface area (Å²) in [7, 11) is 0. The van der Waals surface area contributed by atoms with E-state index in [1.807, 2.05) is 61.5 Å². The summed E-state index contributed by atoms with van der Waals surface area (Å²) in [5.74, 6) is -0.0747. The van der Waals surface area contributed by atoms with Crippen molar-refractivity contribution in [3.05, 3.63) is 65.7 Å². The number of nitrogens with zero attached hydrogens (tertiary/aromatic N) is 2. The number of aryl methyl sites for hydroxylation is 1. The Morgan fingerprint density at radius 3 is 2.50 bits per heavy atom. The molecule has 0 aliphatic carbocycles. The number of rotatable bonds is 6. The molecule has 1 atom stereocenters. The van der Waals surface area contributed by atoms with E-state index in [9.17, 15) is 9.59 Å². The van der Waals surface area contributed by atoms with Gasteiger partial charge in [-0.05, 0) is 42.8 Å². The summed E-state index contributed by atoms with van der Waals surface area (Å²) in [6.07, 6.45) is 0. The van der Waals surface area contributed by atoms with Crippen molar-refractivity contribution in [2.24, 2.45) is 0 Å². The Bertz CT molecular complexity index is 959. The van der Waals surface area contributed by atoms with Crippen molar-refractivity contribution in [3.63, 3.8) is 0 Å². The van der Waals surface area contributed by atoms with E-state index in [0.29, 0.717) is 12.4 Å². The predicted molar refractivity (Wildman–Crippen MR) is 107 cm³/mol. The molecule has 0 radical (unpaired) electrons. The number of carbonyl (C=O) groups is 2. The van der Waals surface area contributed by atoms with Gasteiger partial charge in [0.15, 0.2) is 0 Å². The van der Waals surface area contributed by atoms with Crippen molar-refractivity contribution in [3.8, 4) is 11.5 Å². The first kappa shape index (κ1) is 19.6. The monoisotopic (exact) mass is 396 g/mol. The van der Waals surface area contributed by atoms with Crippen LogP contribution in [0.2, 0.25) is 0 Å². The molecule has 1 heterocycles. The SMILES string of the molecule is CCNC(=O)NC(=O)[C@@H](Sc1nnc(-c2ccccc2C)o1)c1ccccc1. The molecule has 0 aliphatic heterocycles. The van der Waals surface area contributed by atoms with Gasteiger partial charge in [-0.15, -0.1) is 10.2 Å². The van der Waals surface area contributed by atoms with Crippen molar-refractivity contribution >= 4 is 23.7 Å². The first-order valence-electron chi connectivity index (χ1n) is 8.78. The zero-order valence-electron chi connectivity index (χ0n) is 15.5. The maximum Gasteiger partial charge on any atom is 0.321 e. The smallest absolute Gasteiger partial charge is 0.321 e. The normalized spacial score (nSPS) is 11.6. The fraction of sp³-hybridized carbons (Fsp3) is 0.200. The first-order valence-corrected chi connectivity index (χ1v) is 9.66. The van der Waals surface area contributed by atoms with Gasteiger partial charge in [0.1, 0.15) is 5.25 Å². The summed E-state index contributed by atoms with van der Waals surface area (Å²) in [6, 6.07) is 16.3. The molecule has 8 heteroatoms. The number of hydrogen-bond acceptors (Lipinski definition) is 6. The predicted octanol–water partition coefficient (Wildman–Crippen LogP) is 3.72. The Labute approximate surface area is 166 Å². The van der Waals surface area contributed by atoms with Gasteiger partial charge in [0.2, 0.25) is 11.8 Å². The number of nitrogens with one attached hydrogen (secondary N) is 2. The lowest BCUT2D eigenvalue weighted by molar-refractivity contribution is -0.119. The minimum Gasteiger partial charge on any atom is -0.411 e. The molecule has 0 aliphatic rings. The summed E-state index contributed by atoms with van der Waals surface area (Å²) in [6.45, 7) is 4.16. The highest BCUT2D eigenvalue weighted by Gasteiger charge is 2.26. The Morgan fingerprint density at radius 2 is 1.79 bits per heavy atom. The maximum atomic E-state index is 12.7. The molecule has 0 fully saturated rings. The molecule has 0 bridgehead atoms. The van der Waals surface area contributed by atoms with Crippen LogP contribution < -0.4 is 10.6 Å². The first-order chi connectivity index (χ1) is 13.6. The van der Waals surface area contributed by atoms with E-state index in [1.54, 1.807) is 6.92 Å². The fourth-order valence-electron chi connectivity index (χ4n) is 2.56. The molecule has 0 unspecified atom stereocenters. The van der Waals surface area contributed by atoms with E-state index >= 15 is 0 Å². The zero-order valence-corrected chi connectivity index (χ0v) is 16.3. The molecule has 3 amide bonds. The molecule has 3 aromatic rings. The molecule has 144 valence electrons. The van der Waals surface area contributed by atoms with Crippen LogP contribution in [0.25, 0.3) is 11.5 Å². The van der Waals surface area contributed by atoms with E-state index in [1.165, 1.54) is 0 Å². The van der Waals surface area contributed by atoms with Gasteiger partial charge in [-0.2, -0.15) is 0 Å². The minimum absolute atomic E-state index is 0.248. The third-order valence-electron chi connectivity index (χ3n) is 3.92. The van der Waals surface area contributed by atoms with Crippen LogP contribution in [0.3, 0.4) is 0 Å². The van der Waals surface area contributed by atoms with Crippen LogP contribution in [-0.2, 0) is 4.79 Å². The summed E-state index contributed by atoms with van der Waals surface area (Å²) in [5, 5.41) is 12.6. The number of thioether (sulfide) groups is 1. The molecule has 2 N–H and O–H groups in total. The summed E-state index contributed by atoms with van der Waals surface area (Å²) < 4.78 is 5.77. The quantitative estimate of drug-likeness (QED) is 0.616. The van der Waals surface area contributed by atoms with E-state index in [2.05, 4.69) is 20.8 Å². The van der Waals surface area contributed by atoms with E-state index in [4.69, 9.17) is 4.42 Å². The number of amides is 3. The van der Waals surface area contributed by atoms with Crippen LogP contribution in [-0.4, -0.2) is 28.7 Å². The van der Waals surface area contributed by atoms with Crippen LogP contribution in [0.4, 0.5) is 4.79 Å². The third-order valence-corrected chi connectivity index (χ3v) is 5.00. The average molecular weight is 396 g/mol. The maximum absolute atomic E-state index is 12.7. The number of urea groups is 1. The molecule has 3 rings (SSSR count). The number of aromatic nitrogens is 2. The molecular weight excluding hydrogens is 376 g/mol. The van der Waals surface area contributed by atoms with Gasteiger partial charge in [0.05, 0.1) is 0 Å². The molecule has 0 saturated heterocycles. The van der Waals surface area contributed by atoms with E-state index in [0.717, 1.165) is 28.5 Å². The lowest BCUT2D eigenvalue weighted by atomic mass is 10.1. The highest BCUT2D eigenvalue weighted by atomic mass is 32.2. The second kappa shape index (κ2) is 9.18. The van der Waals surface area contributed by atoms with Crippen molar-refractivity contribution in [1.29, 1.82) is 0 Å². The highest BCUT2D eigenvalue weighted by Crippen LogP contribution is 2.36. The number of carbonyl (C=O) groups excluding carboxylic acids is 2. The summed E-state index contributed by atoms with van der Waals surface area (Å²) in [5.41, 5.74) is 2.58. The topological polar surface area (TPSA) is 97.1 Å². The Balaban J connectivity index is 1.83. The van der Waals surface area contributed by atoms with Gasteiger partial charge in [0, 0.05) is 12.1 Å². The molecule has 2 aromatic carbocycles. The Hall–Kier alpha value is -3.13. The van der Waals surface area contributed by atoms with Crippen molar-refractivity contribution in [2.45, 2.75) is 24.3 Å². The Kier molecular flexibility index (Phi) is 6.44. The van der Waals surface area contributed by atoms with Gasteiger partial charge >= 0.3 is 6.03 Å². The summed E-state index contributed by atoms with van der Waals surface area (Å²) in [4.78, 5) is 24.4.